The number of nitrogens with one attached hydrogen (secondary N) is 1. The van der Waals surface area contributed by atoms with Crippen molar-refractivity contribution in [3.63, 3.8) is 0 Å². The first-order valence-electron chi connectivity index (χ1n) is 9.25. The zero-order chi connectivity index (χ0) is 22.2. The standard InChI is InChI=1S/C20H30N4O5/c1-20(18(21)27,19(28)29)22-17(26)15(12-14-8-6-5-7-9-14)13-16(25)24(4)11-10-23(2)3/h5-9,15H,10-13H2,1-4H3,(H2,21,27)(H,22,26)(H,28,29)/t15-,20-/m1/s1. The summed E-state index contributed by atoms with van der Waals surface area (Å²) < 4.78 is 0. The molecule has 0 aliphatic heterocycles. The predicted molar refractivity (Wildman–Crippen MR) is 108 cm³/mol. The number of carbonyl (C=O) groups excluding carboxylic acids is 3. The Morgan fingerprint density at radius 3 is 2.17 bits per heavy atom. The molecule has 0 aliphatic carbocycles. The first kappa shape index (κ1) is 24.1. The number of rotatable bonds is 11. The third kappa shape index (κ3) is 7.19. The Labute approximate surface area is 170 Å². The van der Waals surface area contributed by atoms with Crippen LogP contribution in [0.2, 0.25) is 0 Å². The molecule has 9 nitrogen and oxygen atoms in total. The fourth-order valence-electron chi connectivity index (χ4n) is 2.57. The summed E-state index contributed by atoms with van der Waals surface area (Å²) in [6.07, 6.45) is 0.0908. The molecular formula is C20H30N4O5. The van der Waals surface area contributed by atoms with Crippen LogP contribution in [0.25, 0.3) is 0 Å². The highest BCUT2D eigenvalue weighted by Gasteiger charge is 2.42. The number of carboxylic acids is 1. The molecule has 0 heterocycles. The summed E-state index contributed by atoms with van der Waals surface area (Å²) in [6.45, 7) is 2.18. The van der Waals surface area contributed by atoms with E-state index in [1.54, 1.807) is 19.2 Å². The maximum absolute atomic E-state index is 12.8. The highest BCUT2D eigenvalue weighted by atomic mass is 16.4. The molecule has 1 rings (SSSR count). The molecule has 4 N–H and O–H groups in total. The Kier molecular flexibility index (Phi) is 8.78. The van der Waals surface area contributed by atoms with E-state index in [2.05, 4.69) is 5.32 Å². The van der Waals surface area contributed by atoms with Gasteiger partial charge in [-0.15, -0.1) is 0 Å². The van der Waals surface area contributed by atoms with Crippen LogP contribution in [0.5, 0.6) is 0 Å². The lowest BCUT2D eigenvalue weighted by Crippen LogP contribution is -2.61. The van der Waals surface area contributed by atoms with Crippen LogP contribution < -0.4 is 11.1 Å². The lowest BCUT2D eigenvalue weighted by Gasteiger charge is -2.27. The van der Waals surface area contributed by atoms with Crippen LogP contribution in [-0.2, 0) is 25.6 Å². The summed E-state index contributed by atoms with van der Waals surface area (Å²) in [5.41, 5.74) is 3.73. The average Bonchev–Trinajstić information content (AvgIpc) is 2.65. The van der Waals surface area contributed by atoms with Gasteiger partial charge in [0.1, 0.15) is 0 Å². The molecule has 0 saturated heterocycles. The molecular weight excluding hydrogens is 376 g/mol. The normalized spacial score (nSPS) is 14.0. The highest BCUT2D eigenvalue weighted by Crippen LogP contribution is 2.16. The van der Waals surface area contributed by atoms with Gasteiger partial charge in [0.15, 0.2) is 0 Å². The third-order valence-electron chi connectivity index (χ3n) is 4.72. The molecule has 160 valence electrons. The number of likely N-dealkylation sites (N-methyl/N-ethyl adjacent to an activating group) is 2. The number of carbonyl (C=O) groups is 4. The molecule has 0 bridgehead atoms. The molecule has 0 unspecified atom stereocenters. The van der Waals surface area contributed by atoms with Gasteiger partial charge in [-0.2, -0.15) is 0 Å². The van der Waals surface area contributed by atoms with Crippen molar-refractivity contribution < 1.29 is 24.3 Å². The second-order valence-corrected chi connectivity index (χ2v) is 7.49. The minimum Gasteiger partial charge on any atom is -0.479 e. The predicted octanol–water partition coefficient (Wildman–Crippen LogP) is -0.300. The molecule has 2 atom stereocenters. The van der Waals surface area contributed by atoms with E-state index in [0.717, 1.165) is 12.5 Å². The molecule has 0 saturated carbocycles. The number of hydrogen-bond acceptors (Lipinski definition) is 5. The van der Waals surface area contributed by atoms with Crippen LogP contribution in [0, 0.1) is 5.92 Å². The number of primary amides is 1. The number of nitrogens with zero attached hydrogens (tertiary/aromatic N) is 2. The van der Waals surface area contributed by atoms with Gasteiger partial charge in [0.2, 0.25) is 17.4 Å². The summed E-state index contributed by atoms with van der Waals surface area (Å²) in [5.74, 6) is -4.58. The molecule has 3 amide bonds. The van der Waals surface area contributed by atoms with Gasteiger partial charge >= 0.3 is 5.97 Å². The molecule has 0 fully saturated rings. The van der Waals surface area contributed by atoms with Crippen LogP contribution in [-0.4, -0.2) is 78.4 Å². The minimum atomic E-state index is -2.26. The third-order valence-corrected chi connectivity index (χ3v) is 4.72. The number of hydrogen-bond donors (Lipinski definition) is 3. The van der Waals surface area contributed by atoms with E-state index in [4.69, 9.17) is 5.73 Å². The maximum Gasteiger partial charge on any atom is 0.339 e. The Bertz CT molecular complexity index is 722. The summed E-state index contributed by atoms with van der Waals surface area (Å²) in [4.78, 5) is 52.0. The average molecular weight is 406 g/mol. The number of amides is 3. The second kappa shape index (κ2) is 10.6. The molecule has 29 heavy (non-hydrogen) atoms. The van der Waals surface area contributed by atoms with Crippen LogP contribution in [0.1, 0.15) is 18.9 Å². The Balaban J connectivity index is 3.01. The highest BCUT2D eigenvalue weighted by molar-refractivity contribution is 6.08. The minimum absolute atomic E-state index is 0.126. The fraction of sp³-hybridized carbons (Fsp3) is 0.500. The van der Waals surface area contributed by atoms with Gasteiger partial charge in [0.05, 0.1) is 5.92 Å². The van der Waals surface area contributed by atoms with Crippen LogP contribution in [0.15, 0.2) is 30.3 Å². The quantitative estimate of drug-likeness (QED) is 0.432. The second-order valence-electron chi connectivity index (χ2n) is 7.49. The van der Waals surface area contributed by atoms with Crippen molar-refractivity contribution in [3.05, 3.63) is 35.9 Å². The van der Waals surface area contributed by atoms with Gasteiger partial charge < -0.3 is 26.0 Å². The lowest BCUT2D eigenvalue weighted by atomic mass is 9.92. The summed E-state index contributed by atoms with van der Waals surface area (Å²) in [5, 5.41) is 11.5. The van der Waals surface area contributed by atoms with Crippen LogP contribution in [0.4, 0.5) is 0 Å². The molecule has 9 heteroatoms. The summed E-state index contributed by atoms with van der Waals surface area (Å²) >= 11 is 0. The zero-order valence-electron chi connectivity index (χ0n) is 17.3. The van der Waals surface area contributed by atoms with Crippen LogP contribution >= 0.6 is 0 Å². The van der Waals surface area contributed by atoms with Gasteiger partial charge in [-0.1, -0.05) is 30.3 Å². The monoisotopic (exact) mass is 406 g/mol. The maximum atomic E-state index is 12.8. The smallest absolute Gasteiger partial charge is 0.339 e. The Morgan fingerprint density at radius 2 is 1.69 bits per heavy atom. The number of nitrogens with two attached hydrogens (primary N) is 1. The molecule has 0 aliphatic rings. The van der Waals surface area contributed by atoms with E-state index < -0.39 is 29.2 Å². The van der Waals surface area contributed by atoms with Crippen molar-refractivity contribution in [2.75, 3.05) is 34.2 Å². The summed E-state index contributed by atoms with van der Waals surface area (Å²) in [6, 6.07) is 9.06. The van der Waals surface area contributed by atoms with Crippen LogP contribution in [0.3, 0.4) is 0 Å². The van der Waals surface area contributed by atoms with Gasteiger partial charge in [-0.3, -0.25) is 14.4 Å². The largest absolute Gasteiger partial charge is 0.479 e. The van der Waals surface area contributed by atoms with E-state index in [-0.39, 0.29) is 18.7 Å². The summed E-state index contributed by atoms with van der Waals surface area (Å²) in [7, 11) is 5.43. The topological polar surface area (TPSA) is 133 Å². The fourth-order valence-corrected chi connectivity index (χ4v) is 2.57. The van der Waals surface area contributed by atoms with E-state index >= 15 is 0 Å². The SMILES string of the molecule is CN(C)CCN(C)C(=O)C[C@@H](Cc1ccccc1)C(=O)N[C@](C)(C(N)=O)C(=O)O. The first-order chi connectivity index (χ1) is 13.5. The number of carboxylic acid groups (broad SMARTS) is 1. The number of aliphatic carboxylic acids is 1. The van der Waals surface area contributed by atoms with Gasteiger partial charge in [-0.25, -0.2) is 4.79 Å². The van der Waals surface area contributed by atoms with Crippen molar-refractivity contribution in [2.24, 2.45) is 11.7 Å². The molecule has 0 radical (unpaired) electrons. The first-order valence-corrected chi connectivity index (χ1v) is 9.25. The van der Waals surface area contributed by atoms with Crippen molar-refractivity contribution in [2.45, 2.75) is 25.3 Å². The van der Waals surface area contributed by atoms with E-state index in [1.165, 1.54) is 4.90 Å². The molecule has 0 aromatic heterocycles. The van der Waals surface area contributed by atoms with Gasteiger partial charge in [-0.05, 0) is 33.0 Å². The zero-order valence-corrected chi connectivity index (χ0v) is 17.3. The number of benzene rings is 1. The van der Waals surface area contributed by atoms with Crippen molar-refractivity contribution in [1.29, 1.82) is 0 Å². The van der Waals surface area contributed by atoms with Gasteiger partial charge in [0, 0.05) is 26.6 Å². The van der Waals surface area contributed by atoms with E-state index in [1.807, 2.05) is 37.2 Å². The molecule has 1 aromatic rings. The lowest BCUT2D eigenvalue weighted by molar-refractivity contribution is -0.152. The molecule has 1 aromatic carbocycles. The van der Waals surface area contributed by atoms with Crippen molar-refractivity contribution in [1.82, 2.24) is 15.1 Å². The molecule has 0 spiro atoms. The van der Waals surface area contributed by atoms with Crippen molar-refractivity contribution >= 4 is 23.7 Å². The Morgan fingerprint density at radius 1 is 1.10 bits per heavy atom. The Hall–Kier alpha value is -2.94. The van der Waals surface area contributed by atoms with Crippen molar-refractivity contribution in [3.8, 4) is 0 Å². The van der Waals surface area contributed by atoms with E-state index in [9.17, 15) is 24.3 Å². The van der Waals surface area contributed by atoms with Gasteiger partial charge in [0.25, 0.3) is 5.91 Å². The van der Waals surface area contributed by atoms with E-state index in [0.29, 0.717) is 13.1 Å².